The van der Waals surface area contributed by atoms with Gasteiger partial charge in [-0.2, -0.15) is 0 Å². The zero-order chi connectivity index (χ0) is 21.1. The number of pyridine rings is 1. The average molecular weight is 421 g/mol. The highest BCUT2D eigenvalue weighted by molar-refractivity contribution is 7.14. The molecular weight excluding hydrogens is 405 g/mol. The molecule has 0 bridgehead atoms. The van der Waals surface area contributed by atoms with Crippen LogP contribution in [0.25, 0.3) is 22.2 Å². The van der Waals surface area contributed by atoms with E-state index in [0.29, 0.717) is 27.7 Å². The van der Waals surface area contributed by atoms with Gasteiger partial charge in [0, 0.05) is 16.3 Å². The van der Waals surface area contributed by atoms with Crippen LogP contribution in [0.5, 0.6) is 0 Å². The van der Waals surface area contributed by atoms with Crippen LogP contribution in [0, 0.1) is 5.82 Å². The molecule has 0 spiro atoms. The third kappa shape index (κ3) is 4.04. The maximum Gasteiger partial charge on any atom is 0.357 e. The molecule has 0 unspecified atom stereocenters. The summed E-state index contributed by atoms with van der Waals surface area (Å²) < 4.78 is 18.2. The summed E-state index contributed by atoms with van der Waals surface area (Å²) in [6.45, 7) is 1.95. The van der Waals surface area contributed by atoms with Gasteiger partial charge in [-0.1, -0.05) is 18.2 Å². The van der Waals surface area contributed by atoms with Gasteiger partial charge in [-0.05, 0) is 43.3 Å². The normalized spacial score (nSPS) is 10.7. The molecule has 2 aromatic heterocycles. The van der Waals surface area contributed by atoms with Gasteiger partial charge < -0.3 is 4.74 Å². The molecule has 0 saturated carbocycles. The van der Waals surface area contributed by atoms with Gasteiger partial charge in [0.1, 0.15) is 5.82 Å². The first-order valence-corrected chi connectivity index (χ1v) is 10.0. The predicted octanol–water partition coefficient (Wildman–Crippen LogP) is 4.93. The molecule has 4 rings (SSSR count). The molecule has 0 aliphatic heterocycles. The van der Waals surface area contributed by atoms with Crippen LogP contribution in [-0.2, 0) is 4.74 Å². The zero-order valence-corrected chi connectivity index (χ0v) is 16.7. The van der Waals surface area contributed by atoms with Crippen molar-refractivity contribution in [2.24, 2.45) is 0 Å². The van der Waals surface area contributed by atoms with Gasteiger partial charge in [0.15, 0.2) is 10.8 Å². The topological polar surface area (TPSA) is 81.2 Å². The highest BCUT2D eigenvalue weighted by atomic mass is 32.1. The van der Waals surface area contributed by atoms with Crippen LogP contribution >= 0.6 is 11.3 Å². The molecule has 8 heteroatoms. The number of anilines is 1. The van der Waals surface area contributed by atoms with Crippen LogP contribution in [0.4, 0.5) is 9.52 Å². The molecule has 0 saturated heterocycles. The number of para-hydroxylation sites is 1. The number of fused-ring (bicyclic) bond motifs is 1. The van der Waals surface area contributed by atoms with Crippen molar-refractivity contribution < 1.29 is 18.7 Å². The van der Waals surface area contributed by atoms with Crippen molar-refractivity contribution in [3.63, 3.8) is 0 Å². The fraction of sp³-hybridized carbons (Fsp3) is 0.0909. The zero-order valence-electron chi connectivity index (χ0n) is 15.9. The van der Waals surface area contributed by atoms with Crippen molar-refractivity contribution in [1.82, 2.24) is 9.97 Å². The van der Waals surface area contributed by atoms with Crippen LogP contribution in [-0.4, -0.2) is 28.5 Å². The van der Waals surface area contributed by atoms with E-state index in [9.17, 15) is 14.0 Å². The van der Waals surface area contributed by atoms with Gasteiger partial charge in [0.05, 0.1) is 23.4 Å². The number of nitrogens with zero attached hydrogens (tertiary/aromatic N) is 2. The third-order valence-electron chi connectivity index (χ3n) is 4.31. The first-order chi connectivity index (χ1) is 14.5. The van der Waals surface area contributed by atoms with E-state index >= 15 is 0 Å². The number of amides is 1. The standard InChI is InChI=1S/C22H16FN3O3S/c1-2-29-21(28)19-12-30-22(25-19)26-20(27)16-11-18(13-7-9-14(23)10-8-13)24-17-6-4-3-5-15(16)17/h3-12H,2H2,1H3,(H,25,26,27). The predicted molar refractivity (Wildman–Crippen MR) is 113 cm³/mol. The Bertz CT molecular complexity index is 1240. The smallest absolute Gasteiger partial charge is 0.357 e. The maximum absolute atomic E-state index is 13.3. The molecule has 1 amide bonds. The largest absolute Gasteiger partial charge is 0.461 e. The molecule has 150 valence electrons. The lowest BCUT2D eigenvalue weighted by Gasteiger charge is -2.09. The number of nitrogens with one attached hydrogen (secondary N) is 1. The third-order valence-corrected chi connectivity index (χ3v) is 5.07. The summed E-state index contributed by atoms with van der Waals surface area (Å²) >= 11 is 1.13. The van der Waals surface area contributed by atoms with Gasteiger partial charge in [-0.3, -0.25) is 10.1 Å². The number of benzene rings is 2. The minimum absolute atomic E-state index is 0.142. The van der Waals surface area contributed by atoms with Crippen LogP contribution in [0.15, 0.2) is 60.0 Å². The monoisotopic (exact) mass is 421 g/mol. The summed E-state index contributed by atoms with van der Waals surface area (Å²) in [6.07, 6.45) is 0. The van der Waals surface area contributed by atoms with Crippen molar-refractivity contribution in [2.75, 3.05) is 11.9 Å². The van der Waals surface area contributed by atoms with Gasteiger partial charge >= 0.3 is 5.97 Å². The molecule has 6 nitrogen and oxygen atoms in total. The van der Waals surface area contributed by atoms with E-state index in [4.69, 9.17) is 4.74 Å². The van der Waals surface area contributed by atoms with Crippen molar-refractivity contribution in [3.05, 3.63) is 77.1 Å². The van der Waals surface area contributed by atoms with Gasteiger partial charge in [-0.15, -0.1) is 11.3 Å². The Hall–Kier alpha value is -3.65. The highest BCUT2D eigenvalue weighted by Gasteiger charge is 2.17. The number of hydrogen-bond acceptors (Lipinski definition) is 6. The summed E-state index contributed by atoms with van der Waals surface area (Å²) in [5.74, 6) is -1.28. The summed E-state index contributed by atoms with van der Waals surface area (Å²) in [6, 6.07) is 14.8. The second-order valence-electron chi connectivity index (χ2n) is 6.29. The Labute approximate surface area is 175 Å². The number of carbonyl (C=O) groups is 2. The van der Waals surface area contributed by atoms with Crippen LogP contribution in [0.3, 0.4) is 0 Å². The van der Waals surface area contributed by atoms with Crippen molar-refractivity contribution in [3.8, 4) is 11.3 Å². The molecule has 0 radical (unpaired) electrons. The molecule has 4 aromatic rings. The molecule has 30 heavy (non-hydrogen) atoms. The number of thiazole rings is 1. The molecule has 2 aromatic carbocycles. The molecule has 0 atom stereocenters. The summed E-state index contributed by atoms with van der Waals surface area (Å²) in [7, 11) is 0. The van der Waals surface area contributed by atoms with Crippen LogP contribution in [0.2, 0.25) is 0 Å². The number of aromatic nitrogens is 2. The van der Waals surface area contributed by atoms with Crippen LogP contribution in [0.1, 0.15) is 27.8 Å². The summed E-state index contributed by atoms with van der Waals surface area (Å²) in [5.41, 5.74) is 2.41. The summed E-state index contributed by atoms with van der Waals surface area (Å²) in [4.78, 5) is 33.5. The van der Waals surface area contributed by atoms with Crippen molar-refractivity contribution in [1.29, 1.82) is 0 Å². The van der Waals surface area contributed by atoms with E-state index in [1.54, 1.807) is 37.3 Å². The van der Waals surface area contributed by atoms with Gasteiger partial charge in [0.25, 0.3) is 5.91 Å². The second-order valence-corrected chi connectivity index (χ2v) is 7.15. The maximum atomic E-state index is 13.3. The van der Waals surface area contributed by atoms with Crippen LogP contribution < -0.4 is 5.32 Å². The molecule has 0 aliphatic carbocycles. The molecule has 0 fully saturated rings. The van der Waals surface area contributed by atoms with E-state index in [0.717, 1.165) is 11.3 Å². The fourth-order valence-electron chi connectivity index (χ4n) is 2.93. The number of ether oxygens (including phenoxy) is 1. The number of hydrogen-bond donors (Lipinski definition) is 1. The second kappa shape index (κ2) is 8.38. The van der Waals surface area contributed by atoms with Crippen molar-refractivity contribution >= 4 is 39.2 Å². The Balaban J connectivity index is 1.69. The Morgan fingerprint density at radius 1 is 1.10 bits per heavy atom. The summed E-state index contributed by atoms with van der Waals surface area (Å²) in [5, 5.41) is 5.21. The Morgan fingerprint density at radius 2 is 1.87 bits per heavy atom. The van der Waals surface area contributed by atoms with Gasteiger partial charge in [0.2, 0.25) is 0 Å². The van der Waals surface area contributed by atoms with E-state index in [1.807, 2.05) is 12.1 Å². The minimum Gasteiger partial charge on any atom is -0.461 e. The lowest BCUT2D eigenvalue weighted by molar-refractivity contribution is 0.0520. The van der Waals surface area contributed by atoms with E-state index in [1.165, 1.54) is 17.5 Å². The van der Waals surface area contributed by atoms with E-state index < -0.39 is 5.97 Å². The van der Waals surface area contributed by atoms with Gasteiger partial charge in [-0.25, -0.2) is 19.2 Å². The van der Waals surface area contributed by atoms with E-state index in [2.05, 4.69) is 15.3 Å². The number of carbonyl (C=O) groups excluding carboxylic acids is 2. The molecular formula is C22H16FN3O3S. The fourth-order valence-corrected chi connectivity index (χ4v) is 3.60. The number of rotatable bonds is 5. The lowest BCUT2D eigenvalue weighted by atomic mass is 10.0. The Kier molecular flexibility index (Phi) is 5.49. The van der Waals surface area contributed by atoms with E-state index in [-0.39, 0.29) is 29.2 Å². The molecule has 1 N–H and O–H groups in total. The first-order valence-electron chi connectivity index (χ1n) is 9.15. The van der Waals surface area contributed by atoms with Crippen molar-refractivity contribution in [2.45, 2.75) is 6.92 Å². The molecule has 2 heterocycles. The Morgan fingerprint density at radius 3 is 2.63 bits per heavy atom. The average Bonchev–Trinajstić information content (AvgIpc) is 3.22. The number of halogens is 1. The number of esters is 1. The first kappa shape index (κ1) is 19.7. The quantitative estimate of drug-likeness (QED) is 0.462. The highest BCUT2D eigenvalue weighted by Crippen LogP contribution is 2.26. The SMILES string of the molecule is CCOC(=O)c1csc(NC(=O)c2cc(-c3ccc(F)cc3)nc3ccccc23)n1. The molecule has 0 aliphatic rings. The minimum atomic E-state index is -0.540. The lowest BCUT2D eigenvalue weighted by Crippen LogP contribution is -2.13.